The van der Waals surface area contributed by atoms with Gasteiger partial charge in [0, 0.05) is 0 Å². The number of carbonyl (C=O) groups is 1. The van der Waals surface area contributed by atoms with Crippen molar-refractivity contribution >= 4 is 12.0 Å². The van der Waals surface area contributed by atoms with Crippen molar-refractivity contribution in [3.63, 3.8) is 0 Å². The van der Waals surface area contributed by atoms with E-state index in [9.17, 15) is 18.0 Å². The maximum Gasteiger partial charge on any atom is 0.415 e. The zero-order valence-corrected chi connectivity index (χ0v) is 9.93. The molecule has 0 heterocycles. The fraction of sp³-hybridized carbons (Fsp3) is 0.308. The Labute approximate surface area is 108 Å². The molecule has 0 aromatic heterocycles. The first-order valence-corrected chi connectivity index (χ1v) is 5.51. The molecule has 0 spiro atoms. The van der Waals surface area contributed by atoms with Crippen molar-refractivity contribution in [1.29, 1.82) is 0 Å². The molecule has 19 heavy (non-hydrogen) atoms. The number of alkyl halides is 3. The molecule has 0 radical (unpaired) electrons. The monoisotopic (exact) mass is 274 g/mol. The predicted octanol–water partition coefficient (Wildman–Crippen LogP) is 3.12. The zero-order chi connectivity index (χ0) is 14.3. The molecule has 6 heteroatoms. The number of carboxylic acid groups (broad SMARTS) is 1. The lowest BCUT2D eigenvalue weighted by Gasteiger charge is -2.18. The summed E-state index contributed by atoms with van der Waals surface area (Å²) >= 11 is 0. The van der Waals surface area contributed by atoms with Crippen molar-refractivity contribution in [2.24, 2.45) is 0 Å². The van der Waals surface area contributed by atoms with Gasteiger partial charge in [-0.2, -0.15) is 13.2 Å². The smallest absolute Gasteiger partial charge is 0.415 e. The van der Waals surface area contributed by atoms with Crippen LogP contribution < -0.4 is 0 Å². The number of aliphatic carboxylic acids is 1. The van der Waals surface area contributed by atoms with Gasteiger partial charge in [0.25, 0.3) is 0 Å². The number of hydrogen-bond acceptors (Lipinski definition) is 2. The van der Waals surface area contributed by atoms with Crippen LogP contribution in [0.3, 0.4) is 0 Å². The first-order chi connectivity index (χ1) is 8.89. The molecule has 0 aliphatic rings. The normalized spacial score (nSPS) is 13.6. The Bertz CT molecular complexity index is 427. The van der Waals surface area contributed by atoms with E-state index in [1.54, 1.807) is 30.3 Å². The van der Waals surface area contributed by atoms with Crippen LogP contribution in [0.4, 0.5) is 13.2 Å². The minimum Gasteiger partial charge on any atom is -0.481 e. The van der Waals surface area contributed by atoms with E-state index in [2.05, 4.69) is 4.74 Å². The van der Waals surface area contributed by atoms with Crippen molar-refractivity contribution in [3.05, 3.63) is 42.0 Å². The Hall–Kier alpha value is -1.82. The Kier molecular flexibility index (Phi) is 5.57. The molecule has 0 bridgehead atoms. The summed E-state index contributed by atoms with van der Waals surface area (Å²) in [5.41, 5.74) is 0.827. The van der Waals surface area contributed by atoms with Gasteiger partial charge in [-0.15, -0.1) is 0 Å². The van der Waals surface area contributed by atoms with E-state index in [1.807, 2.05) is 6.07 Å². The van der Waals surface area contributed by atoms with Crippen LogP contribution in [0.15, 0.2) is 36.4 Å². The summed E-state index contributed by atoms with van der Waals surface area (Å²) in [6.07, 6.45) is -5.04. The maximum absolute atomic E-state index is 12.4. The summed E-state index contributed by atoms with van der Waals surface area (Å²) in [5, 5.41) is 8.38. The van der Waals surface area contributed by atoms with E-state index < -0.39 is 24.7 Å². The molecule has 0 aliphatic carbocycles. The first-order valence-electron chi connectivity index (χ1n) is 5.51. The number of halogens is 3. The molecule has 1 aromatic rings. The molecule has 0 saturated carbocycles. The fourth-order valence-electron chi connectivity index (χ4n) is 1.35. The molecular formula is C13H13F3O3. The van der Waals surface area contributed by atoms with Gasteiger partial charge in [-0.05, 0) is 5.56 Å². The third-order valence-electron chi connectivity index (χ3n) is 2.23. The average Bonchev–Trinajstić information content (AvgIpc) is 2.32. The highest BCUT2D eigenvalue weighted by atomic mass is 19.4. The maximum atomic E-state index is 12.4. The molecule has 1 aromatic carbocycles. The predicted molar refractivity (Wildman–Crippen MR) is 63.5 cm³/mol. The van der Waals surface area contributed by atoms with E-state index in [0.29, 0.717) is 0 Å². The largest absolute Gasteiger partial charge is 0.481 e. The van der Waals surface area contributed by atoms with Gasteiger partial charge in [0.15, 0.2) is 6.10 Å². The van der Waals surface area contributed by atoms with Gasteiger partial charge in [0.1, 0.15) is 0 Å². The van der Waals surface area contributed by atoms with Gasteiger partial charge in [0.05, 0.1) is 13.0 Å². The van der Waals surface area contributed by atoms with Gasteiger partial charge in [-0.3, -0.25) is 4.79 Å². The standard InChI is InChI=1S/C13H13F3O3/c14-13(15,16)11(9-12(17)18)19-8-4-7-10-5-2-1-3-6-10/h1-7,11H,8-9H2,(H,17,18)/b7-4+. The Morgan fingerprint density at radius 2 is 1.95 bits per heavy atom. The zero-order valence-electron chi connectivity index (χ0n) is 9.93. The molecule has 0 amide bonds. The lowest BCUT2D eigenvalue weighted by atomic mass is 10.2. The number of benzene rings is 1. The molecular weight excluding hydrogens is 261 g/mol. The van der Waals surface area contributed by atoms with E-state index in [4.69, 9.17) is 5.11 Å². The highest BCUT2D eigenvalue weighted by Gasteiger charge is 2.41. The fourth-order valence-corrected chi connectivity index (χ4v) is 1.35. The van der Waals surface area contributed by atoms with Crippen LogP contribution in [0.25, 0.3) is 6.08 Å². The minimum atomic E-state index is -4.68. The van der Waals surface area contributed by atoms with Crippen LogP contribution in [-0.2, 0) is 9.53 Å². The lowest BCUT2D eigenvalue weighted by Crippen LogP contribution is -2.34. The van der Waals surface area contributed by atoms with Crippen molar-refractivity contribution in [2.75, 3.05) is 6.61 Å². The van der Waals surface area contributed by atoms with Gasteiger partial charge in [-0.25, -0.2) is 0 Å². The van der Waals surface area contributed by atoms with Gasteiger partial charge in [0.2, 0.25) is 0 Å². The average molecular weight is 274 g/mol. The molecule has 0 aliphatic heterocycles. The highest BCUT2D eigenvalue weighted by Crippen LogP contribution is 2.25. The second kappa shape index (κ2) is 6.94. The molecule has 1 atom stereocenters. The van der Waals surface area contributed by atoms with Crippen LogP contribution in [-0.4, -0.2) is 30.0 Å². The van der Waals surface area contributed by atoms with Crippen LogP contribution in [0.2, 0.25) is 0 Å². The molecule has 1 unspecified atom stereocenters. The Balaban J connectivity index is 2.49. The van der Waals surface area contributed by atoms with Crippen molar-refractivity contribution < 1.29 is 27.8 Å². The molecule has 104 valence electrons. The highest BCUT2D eigenvalue weighted by molar-refractivity contribution is 5.67. The molecule has 3 nitrogen and oxygen atoms in total. The van der Waals surface area contributed by atoms with E-state index in [0.717, 1.165) is 5.56 Å². The van der Waals surface area contributed by atoms with Crippen molar-refractivity contribution in [2.45, 2.75) is 18.7 Å². The first kappa shape index (κ1) is 15.2. The second-order valence-corrected chi connectivity index (χ2v) is 3.77. The molecule has 1 rings (SSSR count). The Morgan fingerprint density at radius 1 is 1.32 bits per heavy atom. The molecule has 0 fully saturated rings. The summed E-state index contributed by atoms with van der Waals surface area (Å²) in [6, 6.07) is 8.98. The number of ether oxygens (including phenoxy) is 1. The molecule has 0 saturated heterocycles. The van der Waals surface area contributed by atoms with E-state index in [-0.39, 0.29) is 6.61 Å². The lowest BCUT2D eigenvalue weighted by molar-refractivity contribution is -0.221. The summed E-state index contributed by atoms with van der Waals surface area (Å²) in [5.74, 6) is -1.55. The van der Waals surface area contributed by atoms with Crippen LogP contribution in [0.5, 0.6) is 0 Å². The molecule has 1 N–H and O–H groups in total. The summed E-state index contributed by atoms with van der Waals surface area (Å²) < 4.78 is 41.8. The number of carboxylic acids is 1. The second-order valence-electron chi connectivity index (χ2n) is 3.77. The van der Waals surface area contributed by atoms with Gasteiger partial charge in [-0.1, -0.05) is 42.5 Å². The third-order valence-corrected chi connectivity index (χ3v) is 2.23. The van der Waals surface area contributed by atoms with Crippen LogP contribution in [0.1, 0.15) is 12.0 Å². The Morgan fingerprint density at radius 3 is 2.47 bits per heavy atom. The number of hydrogen-bond donors (Lipinski definition) is 1. The summed E-state index contributed by atoms with van der Waals surface area (Å²) in [7, 11) is 0. The van der Waals surface area contributed by atoms with Crippen molar-refractivity contribution in [3.8, 4) is 0 Å². The van der Waals surface area contributed by atoms with E-state index in [1.165, 1.54) is 6.08 Å². The van der Waals surface area contributed by atoms with Crippen LogP contribution >= 0.6 is 0 Å². The number of rotatable bonds is 6. The third kappa shape index (κ3) is 6.05. The topological polar surface area (TPSA) is 46.5 Å². The SMILES string of the molecule is O=C(O)CC(OC/C=C/c1ccccc1)C(F)(F)F. The van der Waals surface area contributed by atoms with Gasteiger partial charge < -0.3 is 9.84 Å². The van der Waals surface area contributed by atoms with E-state index >= 15 is 0 Å². The van der Waals surface area contributed by atoms with Crippen molar-refractivity contribution in [1.82, 2.24) is 0 Å². The van der Waals surface area contributed by atoms with Gasteiger partial charge >= 0.3 is 12.1 Å². The minimum absolute atomic E-state index is 0.299. The summed E-state index contributed by atoms with van der Waals surface area (Å²) in [4.78, 5) is 10.3. The van der Waals surface area contributed by atoms with Crippen LogP contribution in [0, 0.1) is 0 Å². The summed E-state index contributed by atoms with van der Waals surface area (Å²) in [6.45, 7) is -0.299. The quantitative estimate of drug-likeness (QED) is 0.867.